The van der Waals surface area contributed by atoms with Gasteiger partial charge in [0.15, 0.2) is 0 Å². The Labute approximate surface area is 182 Å². The zero-order valence-electron chi connectivity index (χ0n) is 16.0. The summed E-state index contributed by atoms with van der Waals surface area (Å²) in [5, 5.41) is 0. The largest absolute Gasteiger partial charge is 0.354 e. The minimum absolute atomic E-state index is 0.675. The molecule has 1 aromatic rings. The van der Waals surface area contributed by atoms with Crippen molar-refractivity contribution in [2.45, 2.75) is 32.2 Å². The molecule has 25 heavy (non-hydrogen) atoms. The maximum absolute atomic E-state index is 4.47. The number of pyridine rings is 1. The highest BCUT2D eigenvalue weighted by molar-refractivity contribution is 14.1. The Bertz CT molecular complexity index is 419. The van der Waals surface area contributed by atoms with Gasteiger partial charge in [-0.1, -0.05) is 57.7 Å². The second-order valence-corrected chi connectivity index (χ2v) is 6.42. The van der Waals surface area contributed by atoms with Gasteiger partial charge in [-0.2, -0.15) is 0 Å². The summed E-state index contributed by atoms with van der Waals surface area (Å²) in [5.74, 6) is 1.13. The average Bonchev–Trinajstić information content (AvgIpc) is 2.72. The number of rotatable bonds is 4. The Morgan fingerprint density at radius 3 is 2.12 bits per heavy atom. The SMILES string of the molecule is CC(CN1CCCCC1)N1CCN(c2ccccn2)CC1.CI.CI. The van der Waals surface area contributed by atoms with Crippen molar-refractivity contribution >= 4 is 51.0 Å². The predicted octanol–water partition coefficient (Wildman–Crippen LogP) is 4.18. The summed E-state index contributed by atoms with van der Waals surface area (Å²) >= 11 is 4.30. The number of likely N-dealkylation sites (tertiary alicyclic amines) is 1. The molecule has 0 radical (unpaired) electrons. The zero-order chi connectivity index (χ0) is 18.5. The molecular formula is C19H34I2N4. The molecule has 0 N–H and O–H groups in total. The van der Waals surface area contributed by atoms with Crippen LogP contribution in [0, 0.1) is 0 Å². The maximum atomic E-state index is 4.47. The molecule has 2 fully saturated rings. The molecule has 0 aliphatic carbocycles. The summed E-state index contributed by atoms with van der Waals surface area (Å²) in [5.41, 5.74) is 0. The first-order valence-corrected chi connectivity index (χ1v) is 13.5. The molecule has 1 aromatic heterocycles. The first-order valence-electron chi connectivity index (χ1n) is 9.21. The molecule has 4 nitrogen and oxygen atoms in total. The van der Waals surface area contributed by atoms with Crippen molar-refractivity contribution in [3.8, 4) is 0 Å². The molecule has 0 spiro atoms. The topological polar surface area (TPSA) is 22.6 Å². The van der Waals surface area contributed by atoms with E-state index in [4.69, 9.17) is 0 Å². The second kappa shape index (κ2) is 14.4. The van der Waals surface area contributed by atoms with Crippen LogP contribution in [0.2, 0.25) is 0 Å². The number of anilines is 1. The van der Waals surface area contributed by atoms with Crippen LogP contribution in [0.4, 0.5) is 5.82 Å². The monoisotopic (exact) mass is 572 g/mol. The number of aromatic nitrogens is 1. The van der Waals surface area contributed by atoms with Crippen LogP contribution in [0.25, 0.3) is 0 Å². The van der Waals surface area contributed by atoms with Crippen molar-refractivity contribution in [2.24, 2.45) is 0 Å². The summed E-state index contributed by atoms with van der Waals surface area (Å²) in [6.45, 7) is 10.8. The van der Waals surface area contributed by atoms with Crippen LogP contribution in [0.1, 0.15) is 26.2 Å². The Kier molecular flexibility index (Phi) is 13.5. The van der Waals surface area contributed by atoms with Crippen LogP contribution in [0.5, 0.6) is 0 Å². The fourth-order valence-electron chi connectivity index (χ4n) is 3.56. The molecule has 2 aliphatic heterocycles. The predicted molar refractivity (Wildman–Crippen MR) is 128 cm³/mol. The molecule has 1 unspecified atom stereocenters. The third-order valence-electron chi connectivity index (χ3n) is 4.88. The van der Waals surface area contributed by atoms with Gasteiger partial charge in [-0.3, -0.25) is 4.90 Å². The standard InChI is InChI=1S/C17H28N4.2CH3I/c1-16(15-19-9-5-2-6-10-19)20-11-13-21(14-12-20)17-7-3-4-8-18-17;2*1-2/h3-4,7-8,16H,2,5-6,9-15H2,1H3;2*1H3. The number of hydrogen-bond acceptors (Lipinski definition) is 4. The normalized spacial score (nSPS) is 20.0. The Morgan fingerprint density at radius 1 is 0.920 bits per heavy atom. The first kappa shape index (κ1) is 23.4. The average molecular weight is 572 g/mol. The Balaban J connectivity index is 0.000000730. The number of piperidine rings is 1. The van der Waals surface area contributed by atoms with Crippen LogP contribution in [0.3, 0.4) is 0 Å². The van der Waals surface area contributed by atoms with E-state index in [0.29, 0.717) is 6.04 Å². The van der Waals surface area contributed by atoms with Crippen molar-refractivity contribution in [2.75, 3.05) is 60.6 Å². The van der Waals surface area contributed by atoms with E-state index < -0.39 is 0 Å². The van der Waals surface area contributed by atoms with Crippen molar-refractivity contribution in [1.29, 1.82) is 0 Å². The van der Waals surface area contributed by atoms with E-state index in [9.17, 15) is 0 Å². The summed E-state index contributed by atoms with van der Waals surface area (Å²) in [6.07, 6.45) is 6.09. The zero-order valence-corrected chi connectivity index (χ0v) is 20.3. The summed E-state index contributed by atoms with van der Waals surface area (Å²) in [7, 11) is 0. The Morgan fingerprint density at radius 2 is 1.56 bits per heavy atom. The smallest absolute Gasteiger partial charge is 0.128 e. The van der Waals surface area contributed by atoms with Crippen LogP contribution < -0.4 is 4.90 Å². The molecule has 3 rings (SSSR count). The van der Waals surface area contributed by atoms with Gasteiger partial charge in [0.05, 0.1) is 0 Å². The minimum atomic E-state index is 0.675. The van der Waals surface area contributed by atoms with Gasteiger partial charge >= 0.3 is 0 Å². The van der Waals surface area contributed by atoms with Gasteiger partial charge in [0, 0.05) is 45.0 Å². The fraction of sp³-hybridized carbons (Fsp3) is 0.737. The van der Waals surface area contributed by atoms with Gasteiger partial charge in [-0.05, 0) is 54.8 Å². The lowest BCUT2D eigenvalue weighted by Crippen LogP contribution is -2.53. The molecule has 0 saturated carbocycles. The summed E-state index contributed by atoms with van der Waals surface area (Å²) in [4.78, 5) is 16.1. The van der Waals surface area contributed by atoms with E-state index in [0.717, 1.165) is 32.0 Å². The van der Waals surface area contributed by atoms with Crippen molar-refractivity contribution in [1.82, 2.24) is 14.8 Å². The number of halogens is 2. The lowest BCUT2D eigenvalue weighted by molar-refractivity contribution is 0.129. The molecule has 2 saturated heterocycles. The quantitative estimate of drug-likeness (QED) is 0.399. The molecule has 2 aliphatic rings. The van der Waals surface area contributed by atoms with Crippen LogP contribution in [-0.4, -0.2) is 76.5 Å². The van der Waals surface area contributed by atoms with E-state index in [1.807, 2.05) is 22.1 Å². The van der Waals surface area contributed by atoms with E-state index in [2.05, 4.69) is 83.9 Å². The highest BCUT2D eigenvalue weighted by atomic mass is 127. The van der Waals surface area contributed by atoms with Crippen molar-refractivity contribution in [3.63, 3.8) is 0 Å². The van der Waals surface area contributed by atoms with E-state index in [1.165, 1.54) is 38.9 Å². The molecule has 0 aromatic carbocycles. The minimum Gasteiger partial charge on any atom is -0.354 e. The highest BCUT2D eigenvalue weighted by Gasteiger charge is 2.23. The molecule has 1 atom stereocenters. The Hall–Kier alpha value is 0.330. The summed E-state index contributed by atoms with van der Waals surface area (Å²) < 4.78 is 0. The molecule has 0 bridgehead atoms. The first-order chi connectivity index (χ1) is 12.3. The van der Waals surface area contributed by atoms with Crippen LogP contribution >= 0.6 is 45.2 Å². The second-order valence-electron chi connectivity index (χ2n) is 6.42. The number of nitrogens with zero attached hydrogens (tertiary/aromatic N) is 4. The van der Waals surface area contributed by atoms with Gasteiger partial charge in [0.2, 0.25) is 0 Å². The van der Waals surface area contributed by atoms with E-state index in [1.54, 1.807) is 0 Å². The third kappa shape index (κ3) is 8.26. The van der Waals surface area contributed by atoms with Crippen LogP contribution in [-0.2, 0) is 0 Å². The van der Waals surface area contributed by atoms with Crippen LogP contribution in [0.15, 0.2) is 24.4 Å². The fourth-order valence-corrected chi connectivity index (χ4v) is 3.56. The molecule has 0 amide bonds. The molecule has 144 valence electrons. The van der Waals surface area contributed by atoms with Crippen molar-refractivity contribution < 1.29 is 0 Å². The molecule has 3 heterocycles. The van der Waals surface area contributed by atoms with Gasteiger partial charge < -0.3 is 9.80 Å². The maximum Gasteiger partial charge on any atom is 0.128 e. The number of hydrogen-bond donors (Lipinski definition) is 0. The number of piperazine rings is 1. The summed E-state index contributed by atoms with van der Waals surface area (Å²) in [6, 6.07) is 6.86. The lowest BCUT2D eigenvalue weighted by atomic mass is 10.1. The molecule has 6 heteroatoms. The van der Waals surface area contributed by atoms with E-state index in [-0.39, 0.29) is 0 Å². The highest BCUT2D eigenvalue weighted by Crippen LogP contribution is 2.15. The van der Waals surface area contributed by atoms with Gasteiger partial charge in [-0.25, -0.2) is 4.98 Å². The van der Waals surface area contributed by atoms with Gasteiger partial charge in [0.25, 0.3) is 0 Å². The third-order valence-corrected chi connectivity index (χ3v) is 4.88. The van der Waals surface area contributed by atoms with E-state index >= 15 is 0 Å². The van der Waals surface area contributed by atoms with Crippen molar-refractivity contribution in [3.05, 3.63) is 24.4 Å². The van der Waals surface area contributed by atoms with Gasteiger partial charge in [0.1, 0.15) is 5.82 Å². The molecular weight excluding hydrogens is 538 g/mol. The lowest BCUT2D eigenvalue weighted by Gasteiger charge is -2.40. The van der Waals surface area contributed by atoms with Gasteiger partial charge in [-0.15, -0.1) is 0 Å². The number of alkyl halides is 2.